The fourth-order valence-corrected chi connectivity index (χ4v) is 1.82. The van der Waals surface area contributed by atoms with E-state index in [9.17, 15) is 0 Å². The Morgan fingerprint density at radius 2 is 2.08 bits per heavy atom. The molecular formula is C9H18N2S. The minimum Gasteiger partial charge on any atom is -0.325 e. The van der Waals surface area contributed by atoms with Gasteiger partial charge in [-0.2, -0.15) is 17.0 Å². The first-order valence-corrected chi connectivity index (χ1v) is 5.45. The Balaban J connectivity index is 3.07. The van der Waals surface area contributed by atoms with Crippen LogP contribution >= 0.6 is 11.8 Å². The van der Waals surface area contributed by atoms with Crippen molar-refractivity contribution in [3.05, 3.63) is 0 Å². The smallest absolute Gasteiger partial charge is 0.0621 e. The normalized spacial score (nSPS) is 11.2. The van der Waals surface area contributed by atoms with E-state index in [1.807, 2.05) is 25.6 Å². The van der Waals surface area contributed by atoms with Gasteiger partial charge in [0, 0.05) is 17.7 Å². The van der Waals surface area contributed by atoms with Gasteiger partial charge in [-0.25, -0.2) is 0 Å². The number of rotatable bonds is 6. The molecule has 0 aromatic heterocycles. The predicted octanol–water partition coefficient (Wildman–Crippen LogP) is 2.15. The van der Waals surface area contributed by atoms with Crippen LogP contribution in [0.15, 0.2) is 0 Å². The molecule has 0 heterocycles. The molecule has 0 radical (unpaired) electrons. The molecule has 0 spiro atoms. The lowest BCUT2D eigenvalue weighted by atomic mass is 10.1. The van der Waals surface area contributed by atoms with Gasteiger partial charge in [-0.05, 0) is 32.4 Å². The van der Waals surface area contributed by atoms with Crippen molar-refractivity contribution in [3.63, 3.8) is 0 Å². The van der Waals surface area contributed by atoms with Gasteiger partial charge >= 0.3 is 0 Å². The molecule has 0 amide bonds. The van der Waals surface area contributed by atoms with Crippen LogP contribution < -0.4 is 5.73 Å². The Hall–Kier alpha value is -0.200. The number of nitriles is 1. The van der Waals surface area contributed by atoms with E-state index in [2.05, 4.69) is 6.07 Å². The molecule has 0 bridgehead atoms. The lowest BCUT2D eigenvalue weighted by Gasteiger charge is -2.17. The quantitative estimate of drug-likeness (QED) is 0.647. The average Bonchev–Trinajstić information content (AvgIpc) is 1.94. The molecular weight excluding hydrogens is 168 g/mol. The molecule has 0 aliphatic carbocycles. The lowest BCUT2D eigenvalue weighted by Crippen LogP contribution is -2.34. The molecule has 0 atom stereocenters. The van der Waals surface area contributed by atoms with Crippen LogP contribution in [0, 0.1) is 11.3 Å². The first-order chi connectivity index (χ1) is 5.56. The van der Waals surface area contributed by atoms with Crippen molar-refractivity contribution in [1.82, 2.24) is 0 Å². The maximum Gasteiger partial charge on any atom is 0.0621 e. The number of nitrogens with two attached hydrogens (primary N) is 1. The van der Waals surface area contributed by atoms with Crippen molar-refractivity contribution in [2.24, 2.45) is 5.73 Å². The molecule has 0 rings (SSSR count). The van der Waals surface area contributed by atoms with Crippen LogP contribution in [-0.2, 0) is 0 Å². The monoisotopic (exact) mass is 186 g/mol. The highest BCUT2D eigenvalue weighted by Crippen LogP contribution is 2.11. The summed E-state index contributed by atoms with van der Waals surface area (Å²) >= 11 is 1.88. The molecule has 0 aromatic carbocycles. The summed E-state index contributed by atoms with van der Waals surface area (Å²) in [5.41, 5.74) is 5.75. The summed E-state index contributed by atoms with van der Waals surface area (Å²) in [6, 6.07) is 2.14. The minimum atomic E-state index is -0.0557. The first kappa shape index (κ1) is 11.8. The average molecular weight is 186 g/mol. The maximum absolute atomic E-state index is 8.28. The highest BCUT2D eigenvalue weighted by atomic mass is 32.2. The zero-order chi connectivity index (χ0) is 9.45. The van der Waals surface area contributed by atoms with Crippen LogP contribution in [0.25, 0.3) is 0 Å². The molecule has 70 valence electrons. The van der Waals surface area contributed by atoms with Crippen molar-refractivity contribution >= 4 is 11.8 Å². The molecule has 0 unspecified atom stereocenters. The van der Waals surface area contributed by atoms with Gasteiger partial charge in [-0.3, -0.25) is 0 Å². The molecule has 2 nitrogen and oxygen atoms in total. The second-order valence-electron chi connectivity index (χ2n) is 3.66. The van der Waals surface area contributed by atoms with Gasteiger partial charge in [0.05, 0.1) is 6.07 Å². The highest BCUT2D eigenvalue weighted by Gasteiger charge is 2.09. The molecule has 0 aliphatic rings. The van der Waals surface area contributed by atoms with E-state index >= 15 is 0 Å². The van der Waals surface area contributed by atoms with E-state index in [0.717, 1.165) is 24.3 Å². The van der Waals surface area contributed by atoms with Crippen molar-refractivity contribution in [1.29, 1.82) is 5.26 Å². The summed E-state index contributed by atoms with van der Waals surface area (Å²) in [5.74, 6) is 2.13. The Bertz CT molecular complexity index is 144. The fraction of sp³-hybridized carbons (Fsp3) is 0.889. The van der Waals surface area contributed by atoms with Crippen LogP contribution in [0.5, 0.6) is 0 Å². The first-order valence-electron chi connectivity index (χ1n) is 4.30. The second kappa shape index (κ2) is 6.33. The van der Waals surface area contributed by atoms with Gasteiger partial charge in [-0.15, -0.1) is 0 Å². The van der Waals surface area contributed by atoms with E-state index in [1.165, 1.54) is 0 Å². The Morgan fingerprint density at radius 3 is 2.58 bits per heavy atom. The van der Waals surface area contributed by atoms with Crippen LogP contribution in [0.3, 0.4) is 0 Å². The van der Waals surface area contributed by atoms with Crippen LogP contribution in [0.4, 0.5) is 0 Å². The zero-order valence-corrected chi connectivity index (χ0v) is 8.78. The molecule has 0 saturated heterocycles. The predicted molar refractivity (Wildman–Crippen MR) is 55.1 cm³/mol. The number of unbranched alkanes of at least 4 members (excludes halogenated alkanes) is 2. The van der Waals surface area contributed by atoms with Gasteiger partial charge < -0.3 is 5.73 Å². The Morgan fingerprint density at radius 1 is 1.42 bits per heavy atom. The van der Waals surface area contributed by atoms with Crippen LogP contribution in [0.2, 0.25) is 0 Å². The molecule has 12 heavy (non-hydrogen) atoms. The molecule has 0 saturated carbocycles. The summed E-state index contributed by atoms with van der Waals surface area (Å²) in [5, 5.41) is 8.28. The van der Waals surface area contributed by atoms with Gasteiger partial charge in [0.1, 0.15) is 0 Å². The number of hydrogen-bond acceptors (Lipinski definition) is 3. The third-order valence-electron chi connectivity index (χ3n) is 1.30. The minimum absolute atomic E-state index is 0.0557. The SMILES string of the molecule is CC(C)(N)CSCCCCC#N. The van der Waals surface area contributed by atoms with E-state index in [1.54, 1.807) is 0 Å². The zero-order valence-electron chi connectivity index (χ0n) is 7.97. The van der Waals surface area contributed by atoms with Crippen molar-refractivity contribution < 1.29 is 0 Å². The third kappa shape index (κ3) is 9.80. The van der Waals surface area contributed by atoms with Crippen molar-refractivity contribution in [3.8, 4) is 6.07 Å². The summed E-state index contributed by atoms with van der Waals surface area (Å²) in [6.45, 7) is 4.07. The van der Waals surface area contributed by atoms with E-state index in [4.69, 9.17) is 11.0 Å². The van der Waals surface area contributed by atoms with Crippen molar-refractivity contribution in [2.75, 3.05) is 11.5 Å². The van der Waals surface area contributed by atoms with Gasteiger partial charge in [0.15, 0.2) is 0 Å². The van der Waals surface area contributed by atoms with Gasteiger partial charge in [0.2, 0.25) is 0 Å². The molecule has 0 aliphatic heterocycles. The summed E-state index contributed by atoms with van der Waals surface area (Å²) < 4.78 is 0. The third-order valence-corrected chi connectivity index (χ3v) is 2.83. The molecule has 2 N–H and O–H groups in total. The summed E-state index contributed by atoms with van der Waals surface area (Å²) in [6.07, 6.45) is 2.84. The maximum atomic E-state index is 8.28. The Kier molecular flexibility index (Phi) is 6.23. The highest BCUT2D eigenvalue weighted by molar-refractivity contribution is 7.99. The fourth-order valence-electron chi connectivity index (χ4n) is 0.743. The molecule has 0 aromatic rings. The number of hydrogen-bond donors (Lipinski definition) is 1. The molecule has 0 fully saturated rings. The number of nitrogens with zero attached hydrogens (tertiary/aromatic N) is 1. The number of thioether (sulfide) groups is 1. The van der Waals surface area contributed by atoms with Crippen molar-refractivity contribution in [2.45, 2.75) is 38.6 Å². The summed E-state index contributed by atoms with van der Waals surface area (Å²) in [4.78, 5) is 0. The molecule has 3 heteroatoms. The Labute approximate surface area is 79.5 Å². The van der Waals surface area contributed by atoms with Crippen LogP contribution in [0.1, 0.15) is 33.1 Å². The second-order valence-corrected chi connectivity index (χ2v) is 4.76. The largest absolute Gasteiger partial charge is 0.325 e. The van der Waals surface area contributed by atoms with Gasteiger partial charge in [-0.1, -0.05) is 0 Å². The standard InChI is InChI=1S/C9H18N2S/c1-9(2,11)8-12-7-5-3-4-6-10/h3-5,7-8,11H2,1-2H3. The van der Waals surface area contributed by atoms with Gasteiger partial charge in [0.25, 0.3) is 0 Å². The van der Waals surface area contributed by atoms with Crippen LogP contribution in [-0.4, -0.2) is 17.0 Å². The van der Waals surface area contributed by atoms with E-state index in [0.29, 0.717) is 6.42 Å². The lowest BCUT2D eigenvalue weighted by molar-refractivity contribution is 0.591. The topological polar surface area (TPSA) is 49.8 Å². The van der Waals surface area contributed by atoms with E-state index < -0.39 is 0 Å². The summed E-state index contributed by atoms with van der Waals surface area (Å²) in [7, 11) is 0. The van der Waals surface area contributed by atoms with E-state index in [-0.39, 0.29) is 5.54 Å².